The van der Waals surface area contributed by atoms with Crippen molar-refractivity contribution in [3.05, 3.63) is 29.8 Å². The molecule has 3 amide bonds. The molecule has 0 aliphatic rings. The van der Waals surface area contributed by atoms with Crippen molar-refractivity contribution in [1.29, 1.82) is 0 Å². The van der Waals surface area contributed by atoms with Gasteiger partial charge in [-0.3, -0.25) is 0 Å². The number of hydrogen-bond acceptors (Lipinski definition) is 3. The van der Waals surface area contributed by atoms with Gasteiger partial charge in [0.25, 0.3) is 0 Å². The van der Waals surface area contributed by atoms with E-state index in [0.29, 0.717) is 13.1 Å². The molecular weight excluding hydrogens is 258 g/mol. The Hall–Kier alpha value is -2.24. The zero-order valence-corrected chi connectivity index (χ0v) is 12.0. The third-order valence-electron chi connectivity index (χ3n) is 2.42. The summed E-state index contributed by atoms with van der Waals surface area (Å²) in [5.74, 6) is 0. The van der Waals surface area contributed by atoms with Crippen LogP contribution in [0.5, 0.6) is 0 Å². The van der Waals surface area contributed by atoms with Gasteiger partial charge in [-0.2, -0.15) is 0 Å². The summed E-state index contributed by atoms with van der Waals surface area (Å²) in [6, 6.07) is 7.19. The fourth-order valence-corrected chi connectivity index (χ4v) is 1.48. The van der Waals surface area contributed by atoms with Gasteiger partial charge in [-0.25, -0.2) is 9.59 Å². The average Bonchev–Trinajstić information content (AvgIpc) is 2.37. The highest BCUT2D eigenvalue weighted by molar-refractivity contribution is 5.90. The maximum absolute atomic E-state index is 11.6. The van der Waals surface area contributed by atoms with Crippen LogP contribution in [0.3, 0.4) is 0 Å². The summed E-state index contributed by atoms with van der Waals surface area (Å²) in [5.41, 5.74) is 1.75. The predicted octanol–water partition coefficient (Wildman–Crippen LogP) is 2.25. The van der Waals surface area contributed by atoms with E-state index in [1.54, 1.807) is 13.8 Å². The van der Waals surface area contributed by atoms with Crippen LogP contribution in [0.4, 0.5) is 15.3 Å². The molecule has 0 aliphatic carbocycles. The highest BCUT2D eigenvalue weighted by Crippen LogP contribution is 2.12. The molecule has 0 unspecified atom stereocenters. The molecule has 0 fully saturated rings. The molecule has 0 spiro atoms. The number of amides is 3. The lowest BCUT2D eigenvalue weighted by molar-refractivity contribution is 0.116. The molecule has 3 N–H and O–H groups in total. The van der Waals surface area contributed by atoms with E-state index in [1.807, 2.05) is 31.2 Å². The first-order valence-corrected chi connectivity index (χ1v) is 6.54. The van der Waals surface area contributed by atoms with Crippen LogP contribution in [0.2, 0.25) is 0 Å². The lowest BCUT2D eigenvalue weighted by Gasteiger charge is -2.11. The first kappa shape index (κ1) is 15.8. The van der Waals surface area contributed by atoms with Crippen LogP contribution in [0.25, 0.3) is 0 Å². The predicted molar refractivity (Wildman–Crippen MR) is 77.8 cm³/mol. The zero-order valence-electron chi connectivity index (χ0n) is 12.0. The molecule has 6 heteroatoms. The Morgan fingerprint density at radius 3 is 2.45 bits per heavy atom. The van der Waals surface area contributed by atoms with E-state index in [4.69, 9.17) is 4.74 Å². The fourth-order valence-electron chi connectivity index (χ4n) is 1.48. The summed E-state index contributed by atoms with van der Waals surface area (Å²) in [5, 5.41) is 7.92. The van der Waals surface area contributed by atoms with E-state index in [-0.39, 0.29) is 12.1 Å². The Kier molecular flexibility index (Phi) is 6.36. The summed E-state index contributed by atoms with van der Waals surface area (Å²) in [6.45, 7) is 6.09. The molecule has 0 saturated carbocycles. The molecule has 110 valence electrons. The summed E-state index contributed by atoms with van der Waals surface area (Å²) in [4.78, 5) is 22.8. The maximum atomic E-state index is 11.6. The van der Waals surface area contributed by atoms with E-state index >= 15 is 0 Å². The Morgan fingerprint density at radius 1 is 1.15 bits per heavy atom. The van der Waals surface area contributed by atoms with Gasteiger partial charge in [0, 0.05) is 18.8 Å². The molecule has 0 atom stereocenters. The second-order valence-corrected chi connectivity index (χ2v) is 4.58. The molecule has 0 aliphatic heterocycles. The van der Waals surface area contributed by atoms with Crippen LogP contribution in [0.15, 0.2) is 24.3 Å². The van der Waals surface area contributed by atoms with Gasteiger partial charge in [0.05, 0.1) is 6.10 Å². The van der Waals surface area contributed by atoms with Crippen LogP contribution in [0, 0.1) is 6.92 Å². The first-order valence-electron chi connectivity index (χ1n) is 6.54. The van der Waals surface area contributed by atoms with Gasteiger partial charge in [-0.05, 0) is 32.4 Å². The topological polar surface area (TPSA) is 79.5 Å². The number of para-hydroxylation sites is 1. The number of ether oxygens (including phenoxy) is 1. The molecule has 1 rings (SSSR count). The minimum atomic E-state index is -0.485. The second-order valence-electron chi connectivity index (χ2n) is 4.58. The van der Waals surface area contributed by atoms with Crippen molar-refractivity contribution in [3.8, 4) is 0 Å². The Bertz CT molecular complexity index is 461. The standard InChI is InChI=1S/C14H21N3O3/c1-10(2)20-14(19)16-9-8-15-13(18)17-12-7-5-4-6-11(12)3/h4-7,10H,8-9H2,1-3H3,(H,16,19)(H2,15,17,18). The normalized spacial score (nSPS) is 10.0. The van der Waals surface area contributed by atoms with Crippen molar-refractivity contribution in [1.82, 2.24) is 10.6 Å². The quantitative estimate of drug-likeness (QED) is 0.723. The molecule has 0 radical (unpaired) electrons. The van der Waals surface area contributed by atoms with Crippen LogP contribution in [0.1, 0.15) is 19.4 Å². The van der Waals surface area contributed by atoms with Crippen molar-refractivity contribution in [2.75, 3.05) is 18.4 Å². The van der Waals surface area contributed by atoms with Gasteiger partial charge in [0.1, 0.15) is 0 Å². The monoisotopic (exact) mass is 279 g/mol. The van der Waals surface area contributed by atoms with Crippen molar-refractivity contribution in [2.45, 2.75) is 26.9 Å². The molecule has 1 aromatic carbocycles. The number of carbonyl (C=O) groups is 2. The largest absolute Gasteiger partial charge is 0.447 e. The van der Waals surface area contributed by atoms with Crippen molar-refractivity contribution in [2.24, 2.45) is 0 Å². The van der Waals surface area contributed by atoms with Crippen molar-refractivity contribution < 1.29 is 14.3 Å². The Labute approximate surface area is 118 Å². The number of nitrogens with one attached hydrogen (secondary N) is 3. The lowest BCUT2D eigenvalue weighted by Crippen LogP contribution is -2.37. The average molecular weight is 279 g/mol. The minimum absolute atomic E-state index is 0.160. The van der Waals surface area contributed by atoms with Gasteiger partial charge in [0.2, 0.25) is 0 Å². The highest BCUT2D eigenvalue weighted by atomic mass is 16.6. The summed E-state index contributed by atoms with van der Waals surface area (Å²) < 4.78 is 4.89. The van der Waals surface area contributed by atoms with Gasteiger partial charge in [0.15, 0.2) is 0 Å². The van der Waals surface area contributed by atoms with Crippen LogP contribution >= 0.6 is 0 Å². The SMILES string of the molecule is Cc1ccccc1NC(=O)NCCNC(=O)OC(C)C. The smallest absolute Gasteiger partial charge is 0.407 e. The van der Waals surface area contributed by atoms with E-state index in [0.717, 1.165) is 11.3 Å². The third kappa shape index (κ3) is 6.08. The summed E-state index contributed by atoms with van der Waals surface area (Å²) in [7, 11) is 0. The molecule has 0 bridgehead atoms. The molecule has 0 heterocycles. The second kappa shape index (κ2) is 8.04. The summed E-state index contributed by atoms with van der Waals surface area (Å²) >= 11 is 0. The first-order chi connectivity index (χ1) is 9.49. The molecule has 20 heavy (non-hydrogen) atoms. The highest BCUT2D eigenvalue weighted by Gasteiger charge is 2.05. The number of aryl methyl sites for hydroxylation is 1. The lowest BCUT2D eigenvalue weighted by atomic mass is 10.2. The van der Waals surface area contributed by atoms with Crippen molar-refractivity contribution in [3.63, 3.8) is 0 Å². The summed E-state index contributed by atoms with van der Waals surface area (Å²) in [6.07, 6.45) is -0.645. The van der Waals surface area contributed by atoms with E-state index in [2.05, 4.69) is 16.0 Å². The van der Waals surface area contributed by atoms with Crippen molar-refractivity contribution >= 4 is 17.8 Å². The minimum Gasteiger partial charge on any atom is -0.447 e. The third-order valence-corrected chi connectivity index (χ3v) is 2.42. The van der Waals surface area contributed by atoms with Gasteiger partial charge in [-0.15, -0.1) is 0 Å². The molecular formula is C14H21N3O3. The molecule has 0 saturated heterocycles. The molecule has 1 aromatic rings. The van der Waals surface area contributed by atoms with Crippen LogP contribution in [-0.2, 0) is 4.74 Å². The van der Waals surface area contributed by atoms with Gasteiger partial charge >= 0.3 is 12.1 Å². The van der Waals surface area contributed by atoms with E-state index < -0.39 is 6.09 Å². The van der Waals surface area contributed by atoms with E-state index in [1.165, 1.54) is 0 Å². The maximum Gasteiger partial charge on any atom is 0.407 e. The number of alkyl carbamates (subject to hydrolysis) is 1. The van der Waals surface area contributed by atoms with Gasteiger partial charge < -0.3 is 20.7 Å². The Balaban J connectivity index is 2.21. The van der Waals surface area contributed by atoms with Crippen LogP contribution in [-0.4, -0.2) is 31.3 Å². The molecule has 0 aromatic heterocycles. The number of carbonyl (C=O) groups excluding carboxylic acids is 2. The number of urea groups is 1. The van der Waals surface area contributed by atoms with Gasteiger partial charge in [-0.1, -0.05) is 18.2 Å². The number of anilines is 1. The number of benzene rings is 1. The molecule has 6 nitrogen and oxygen atoms in total. The fraction of sp³-hybridized carbons (Fsp3) is 0.429. The number of rotatable bonds is 5. The zero-order chi connectivity index (χ0) is 15.0. The van der Waals surface area contributed by atoms with Crippen LogP contribution < -0.4 is 16.0 Å². The Morgan fingerprint density at radius 2 is 1.80 bits per heavy atom. The van der Waals surface area contributed by atoms with E-state index in [9.17, 15) is 9.59 Å². The number of hydrogen-bond donors (Lipinski definition) is 3.